The van der Waals surface area contributed by atoms with Gasteiger partial charge in [-0.05, 0) is 67.3 Å². The van der Waals surface area contributed by atoms with Gasteiger partial charge in [-0.1, -0.05) is 36.4 Å². The van der Waals surface area contributed by atoms with Gasteiger partial charge in [0.15, 0.2) is 0 Å². The maximum absolute atomic E-state index is 13.6. The van der Waals surface area contributed by atoms with Gasteiger partial charge in [0.2, 0.25) is 11.8 Å². The number of nitrogens with one attached hydrogen (secondary N) is 1. The van der Waals surface area contributed by atoms with Crippen molar-refractivity contribution in [1.82, 2.24) is 4.90 Å². The number of hydrogen-bond acceptors (Lipinski definition) is 3. The van der Waals surface area contributed by atoms with Crippen molar-refractivity contribution in [1.29, 1.82) is 0 Å². The van der Waals surface area contributed by atoms with Crippen LogP contribution in [0, 0.1) is 11.8 Å². The molecule has 0 unspecified atom stereocenters. The second kappa shape index (κ2) is 9.41. The molecule has 0 spiro atoms. The Morgan fingerprint density at radius 3 is 2.52 bits per heavy atom. The van der Waals surface area contributed by atoms with Gasteiger partial charge in [-0.25, -0.2) is 8.78 Å². The van der Waals surface area contributed by atoms with E-state index in [1.807, 2.05) is 36.4 Å². The first-order valence-electron chi connectivity index (χ1n) is 12.2. The van der Waals surface area contributed by atoms with Crippen molar-refractivity contribution in [2.45, 2.75) is 56.9 Å². The average molecular weight is 455 g/mol. The Kier molecular flexibility index (Phi) is 6.37. The van der Waals surface area contributed by atoms with Crippen molar-refractivity contribution in [3.05, 3.63) is 48.5 Å². The Hall–Kier alpha value is -2.47. The monoisotopic (exact) mass is 454 g/mol. The summed E-state index contributed by atoms with van der Waals surface area (Å²) in [7, 11) is 0. The van der Waals surface area contributed by atoms with Gasteiger partial charge < -0.3 is 15.0 Å². The van der Waals surface area contributed by atoms with Gasteiger partial charge in [0.1, 0.15) is 5.75 Å². The molecule has 2 aliphatic heterocycles. The van der Waals surface area contributed by atoms with E-state index in [4.69, 9.17) is 4.74 Å². The van der Waals surface area contributed by atoms with Crippen LogP contribution >= 0.6 is 0 Å². The molecule has 0 radical (unpaired) electrons. The summed E-state index contributed by atoms with van der Waals surface area (Å²) in [6.07, 6.45) is 3.43. The summed E-state index contributed by atoms with van der Waals surface area (Å²) in [4.78, 5) is 15.4. The highest BCUT2D eigenvalue weighted by atomic mass is 19.3. The third-order valence-corrected chi connectivity index (χ3v) is 7.68. The van der Waals surface area contributed by atoms with Crippen molar-refractivity contribution in [2.75, 3.05) is 25.0 Å². The number of benzene rings is 2. The predicted octanol–water partition coefficient (Wildman–Crippen LogP) is 5.98. The first-order valence-corrected chi connectivity index (χ1v) is 12.2. The summed E-state index contributed by atoms with van der Waals surface area (Å²) in [6, 6.07) is 16.3. The number of carbonyl (C=O) groups is 1. The zero-order chi connectivity index (χ0) is 22.8. The highest BCUT2D eigenvalue weighted by molar-refractivity contribution is 5.93. The summed E-state index contributed by atoms with van der Waals surface area (Å²) >= 11 is 0. The number of rotatable bonds is 2. The number of nitrogens with zero attached hydrogens (tertiary/aromatic N) is 1. The second-order valence-corrected chi connectivity index (χ2v) is 9.86. The van der Waals surface area contributed by atoms with Gasteiger partial charge in [-0.2, -0.15) is 0 Å². The molecule has 0 bridgehead atoms. The minimum absolute atomic E-state index is 0.00443. The Balaban J connectivity index is 1.28. The number of carbonyl (C=O) groups excluding carboxylic acids is 1. The second-order valence-electron chi connectivity index (χ2n) is 9.86. The lowest BCUT2D eigenvalue weighted by Crippen LogP contribution is -2.49. The Morgan fingerprint density at radius 2 is 1.73 bits per heavy atom. The van der Waals surface area contributed by atoms with E-state index in [1.165, 1.54) is 0 Å². The predicted molar refractivity (Wildman–Crippen MR) is 126 cm³/mol. The van der Waals surface area contributed by atoms with E-state index in [-0.39, 0.29) is 24.8 Å². The molecule has 1 amide bonds. The Bertz CT molecular complexity index is 971. The zero-order valence-electron chi connectivity index (χ0n) is 18.9. The van der Waals surface area contributed by atoms with Crippen LogP contribution in [-0.4, -0.2) is 42.5 Å². The molecule has 1 saturated heterocycles. The van der Waals surface area contributed by atoms with Crippen LogP contribution in [0.25, 0.3) is 11.1 Å². The quantitative estimate of drug-likeness (QED) is 0.607. The maximum atomic E-state index is 13.6. The normalized spacial score (nSPS) is 26.4. The topological polar surface area (TPSA) is 41.6 Å². The van der Waals surface area contributed by atoms with E-state index in [0.717, 1.165) is 42.7 Å². The molecule has 2 heterocycles. The lowest BCUT2D eigenvalue weighted by Gasteiger charge is -2.44. The number of fused-ring (bicyclic) bond motifs is 2. The largest absolute Gasteiger partial charge is 0.491 e. The van der Waals surface area contributed by atoms with Gasteiger partial charge in [0, 0.05) is 31.8 Å². The van der Waals surface area contributed by atoms with Crippen molar-refractivity contribution in [2.24, 2.45) is 11.8 Å². The van der Waals surface area contributed by atoms with Crippen molar-refractivity contribution < 1.29 is 18.3 Å². The number of anilines is 1. The molecule has 3 aliphatic rings. The number of alkyl halides is 2. The molecule has 2 aromatic rings. The van der Waals surface area contributed by atoms with Crippen molar-refractivity contribution in [3.8, 4) is 16.9 Å². The van der Waals surface area contributed by atoms with Gasteiger partial charge >= 0.3 is 0 Å². The van der Waals surface area contributed by atoms with Crippen LogP contribution in [0.5, 0.6) is 5.75 Å². The third kappa shape index (κ3) is 5.21. The van der Waals surface area contributed by atoms with E-state index >= 15 is 0 Å². The fourth-order valence-corrected chi connectivity index (χ4v) is 5.75. The van der Waals surface area contributed by atoms with E-state index in [0.29, 0.717) is 43.5 Å². The molecule has 1 saturated carbocycles. The van der Waals surface area contributed by atoms with E-state index in [9.17, 15) is 13.6 Å². The molecule has 6 heteroatoms. The number of hydrogen-bond donors (Lipinski definition) is 1. The molecule has 176 valence electrons. The van der Waals surface area contributed by atoms with Crippen LogP contribution in [0.15, 0.2) is 48.5 Å². The number of ether oxygens (including phenoxy) is 1. The van der Waals surface area contributed by atoms with E-state index < -0.39 is 5.92 Å². The van der Waals surface area contributed by atoms with Gasteiger partial charge in [0.25, 0.3) is 0 Å². The molecular formula is C27H32F2N2O2. The molecule has 1 N–H and O–H groups in total. The molecule has 0 aromatic heterocycles. The van der Waals surface area contributed by atoms with Crippen molar-refractivity contribution in [3.63, 3.8) is 0 Å². The van der Waals surface area contributed by atoms with E-state index in [1.54, 1.807) is 0 Å². The summed E-state index contributed by atoms with van der Waals surface area (Å²) in [5, 5.41) is 3.10. The summed E-state index contributed by atoms with van der Waals surface area (Å²) in [6.45, 7) is 2.35. The molecule has 2 fully saturated rings. The summed E-state index contributed by atoms with van der Waals surface area (Å²) in [5.74, 6) is -1.13. The van der Waals surface area contributed by atoms with E-state index in [2.05, 4.69) is 22.3 Å². The molecule has 5 rings (SSSR count). The fraction of sp³-hybridized carbons (Fsp3) is 0.519. The number of piperidine rings is 1. The van der Waals surface area contributed by atoms with Crippen LogP contribution < -0.4 is 10.1 Å². The highest BCUT2D eigenvalue weighted by Crippen LogP contribution is 2.39. The molecule has 1 aliphatic carbocycles. The molecule has 33 heavy (non-hydrogen) atoms. The van der Waals surface area contributed by atoms with Crippen LogP contribution in [0.2, 0.25) is 0 Å². The zero-order valence-corrected chi connectivity index (χ0v) is 18.9. The minimum Gasteiger partial charge on any atom is -0.491 e. The van der Waals surface area contributed by atoms with Crippen LogP contribution in [0.4, 0.5) is 14.5 Å². The minimum atomic E-state index is -2.50. The SMILES string of the molecule is O=C1C[C@@H]2CCN(C3CCC(F)(F)CC3)C[C@@H]2CCOc2ccc(-c3ccccc3)cc2N1. The molecule has 4 nitrogen and oxygen atoms in total. The Labute approximate surface area is 194 Å². The van der Waals surface area contributed by atoms with Crippen LogP contribution in [0.1, 0.15) is 44.9 Å². The standard InChI is InChI=1S/C27H32F2N2O2/c28-27(29)12-8-23(9-13-27)31-14-10-21-17-26(32)30-24-16-20(19-4-2-1-3-5-19)6-7-25(24)33-15-11-22(21)18-31/h1-7,16,21-23H,8-15,17-18H2,(H,30,32)/t21-,22-/m0/s1. The smallest absolute Gasteiger partial charge is 0.248 e. The summed E-state index contributed by atoms with van der Waals surface area (Å²) in [5.41, 5.74) is 2.86. The number of amides is 1. The maximum Gasteiger partial charge on any atom is 0.248 e. The van der Waals surface area contributed by atoms with Crippen molar-refractivity contribution >= 4 is 11.6 Å². The van der Waals surface area contributed by atoms with Gasteiger partial charge in [-0.15, -0.1) is 0 Å². The lowest BCUT2D eigenvalue weighted by atomic mass is 9.79. The number of likely N-dealkylation sites (tertiary alicyclic amines) is 1. The Morgan fingerprint density at radius 1 is 0.939 bits per heavy atom. The lowest BCUT2D eigenvalue weighted by molar-refractivity contribution is -0.118. The number of halogens is 2. The summed E-state index contributed by atoms with van der Waals surface area (Å²) < 4.78 is 33.3. The fourth-order valence-electron chi connectivity index (χ4n) is 5.75. The average Bonchev–Trinajstić information content (AvgIpc) is 2.81. The molecule has 2 aromatic carbocycles. The van der Waals surface area contributed by atoms with Gasteiger partial charge in [-0.3, -0.25) is 4.79 Å². The van der Waals surface area contributed by atoms with Crippen LogP contribution in [-0.2, 0) is 4.79 Å². The molecule has 2 atom stereocenters. The first-order chi connectivity index (χ1) is 16.0. The van der Waals surface area contributed by atoms with Crippen LogP contribution in [0.3, 0.4) is 0 Å². The molecular weight excluding hydrogens is 422 g/mol. The third-order valence-electron chi connectivity index (χ3n) is 7.68. The highest BCUT2D eigenvalue weighted by Gasteiger charge is 2.40. The first kappa shape index (κ1) is 22.3. The van der Waals surface area contributed by atoms with Gasteiger partial charge in [0.05, 0.1) is 12.3 Å².